The summed E-state index contributed by atoms with van der Waals surface area (Å²) in [4.78, 5) is 11.0. The summed E-state index contributed by atoms with van der Waals surface area (Å²) in [5, 5.41) is 0.0208. The maximum Gasteiger partial charge on any atom is 0.250 e. The number of aryl methyl sites for hydroxylation is 1. The molecular formula is C16H26O3SSi. The van der Waals surface area contributed by atoms with E-state index in [0.717, 1.165) is 17.1 Å². The van der Waals surface area contributed by atoms with E-state index in [0.29, 0.717) is 12.8 Å². The highest BCUT2D eigenvalue weighted by Gasteiger charge is 2.39. The van der Waals surface area contributed by atoms with Crippen molar-refractivity contribution in [2.45, 2.75) is 51.7 Å². The molecule has 0 saturated heterocycles. The van der Waals surface area contributed by atoms with Crippen molar-refractivity contribution < 1.29 is 14.0 Å². The number of carbonyl (C=O) groups is 1. The minimum Gasteiger partial charge on any atom is -0.541 e. The molecule has 0 aromatic heterocycles. The second-order valence-corrected chi connectivity index (χ2v) is 12.0. The Morgan fingerprint density at radius 1 is 1.24 bits per heavy atom. The van der Waals surface area contributed by atoms with Gasteiger partial charge in [-0.15, -0.1) is 12.6 Å². The van der Waals surface area contributed by atoms with Crippen LogP contribution in [0.2, 0.25) is 18.1 Å². The van der Waals surface area contributed by atoms with Gasteiger partial charge in [0, 0.05) is 6.42 Å². The fourth-order valence-electron chi connectivity index (χ4n) is 1.64. The van der Waals surface area contributed by atoms with Gasteiger partial charge in [-0.05, 0) is 42.2 Å². The second kappa shape index (κ2) is 6.88. The molecule has 118 valence electrons. The van der Waals surface area contributed by atoms with Crippen LogP contribution in [0.25, 0.3) is 0 Å². The molecule has 0 radical (unpaired) electrons. The number of hydrogen-bond donors (Lipinski definition) is 1. The van der Waals surface area contributed by atoms with Crippen molar-refractivity contribution in [3.63, 3.8) is 0 Å². The van der Waals surface area contributed by atoms with Crippen LogP contribution in [0.15, 0.2) is 18.2 Å². The summed E-state index contributed by atoms with van der Waals surface area (Å²) in [6.45, 7) is 11.0. The Labute approximate surface area is 134 Å². The third-order valence-electron chi connectivity index (χ3n) is 4.03. The van der Waals surface area contributed by atoms with Crippen molar-refractivity contribution in [3.8, 4) is 11.5 Å². The molecule has 0 spiro atoms. The van der Waals surface area contributed by atoms with Crippen LogP contribution in [0.1, 0.15) is 32.8 Å². The molecule has 0 amide bonds. The molecule has 3 nitrogen and oxygen atoms in total. The van der Waals surface area contributed by atoms with Gasteiger partial charge in [0.05, 0.1) is 7.11 Å². The summed E-state index contributed by atoms with van der Waals surface area (Å²) in [5.41, 5.74) is 1.06. The van der Waals surface area contributed by atoms with Crippen LogP contribution in [-0.4, -0.2) is 20.5 Å². The lowest BCUT2D eigenvalue weighted by Crippen LogP contribution is -2.43. The molecule has 0 N–H and O–H groups in total. The molecule has 0 aliphatic carbocycles. The van der Waals surface area contributed by atoms with Crippen molar-refractivity contribution >= 4 is 26.1 Å². The number of rotatable bonds is 6. The Morgan fingerprint density at radius 2 is 1.86 bits per heavy atom. The monoisotopic (exact) mass is 326 g/mol. The van der Waals surface area contributed by atoms with Crippen molar-refractivity contribution in [2.75, 3.05) is 7.11 Å². The summed E-state index contributed by atoms with van der Waals surface area (Å²) in [6.07, 6.45) is 1.09. The zero-order chi connectivity index (χ0) is 16.3. The van der Waals surface area contributed by atoms with Gasteiger partial charge in [0.15, 0.2) is 10.9 Å². The molecule has 5 heteroatoms. The van der Waals surface area contributed by atoms with E-state index < -0.39 is 8.32 Å². The number of thiol groups is 1. The van der Waals surface area contributed by atoms with E-state index in [1.807, 2.05) is 18.2 Å². The number of ether oxygens (including phenoxy) is 1. The first-order chi connectivity index (χ1) is 9.56. The molecule has 1 aromatic rings. The first kappa shape index (κ1) is 18.1. The van der Waals surface area contributed by atoms with E-state index in [4.69, 9.17) is 9.16 Å². The van der Waals surface area contributed by atoms with E-state index in [1.54, 1.807) is 7.11 Å². The van der Waals surface area contributed by atoms with E-state index in [2.05, 4.69) is 46.5 Å². The molecule has 0 unspecified atom stereocenters. The lowest BCUT2D eigenvalue weighted by molar-refractivity contribution is -0.110. The van der Waals surface area contributed by atoms with Crippen LogP contribution < -0.4 is 9.16 Å². The lowest BCUT2D eigenvalue weighted by Gasteiger charge is -2.36. The lowest BCUT2D eigenvalue weighted by atomic mass is 10.1. The molecule has 0 aliphatic heterocycles. The summed E-state index contributed by atoms with van der Waals surface area (Å²) in [7, 11) is -0.279. The van der Waals surface area contributed by atoms with Gasteiger partial charge < -0.3 is 9.16 Å². The van der Waals surface area contributed by atoms with Crippen molar-refractivity contribution in [1.29, 1.82) is 0 Å². The number of methoxy groups -OCH3 is 1. The fraction of sp³-hybridized carbons (Fsp3) is 0.562. The van der Waals surface area contributed by atoms with Gasteiger partial charge in [0.1, 0.15) is 5.75 Å². The smallest absolute Gasteiger partial charge is 0.250 e. The number of carbonyl (C=O) groups excluding carboxylic acids is 1. The summed E-state index contributed by atoms with van der Waals surface area (Å²) >= 11 is 3.81. The number of hydrogen-bond acceptors (Lipinski definition) is 3. The van der Waals surface area contributed by atoms with E-state index in [1.165, 1.54) is 0 Å². The molecule has 0 bridgehead atoms. The van der Waals surface area contributed by atoms with Crippen molar-refractivity contribution in [3.05, 3.63) is 23.8 Å². The second-order valence-electron chi connectivity index (χ2n) is 6.74. The normalized spacial score (nSPS) is 12.1. The maximum atomic E-state index is 11.0. The zero-order valence-electron chi connectivity index (χ0n) is 13.8. The third-order valence-corrected chi connectivity index (χ3v) is 8.59. The van der Waals surface area contributed by atoms with Crippen LogP contribution in [0, 0.1) is 0 Å². The van der Waals surface area contributed by atoms with Crippen LogP contribution >= 0.6 is 12.6 Å². The van der Waals surface area contributed by atoms with Gasteiger partial charge in [0.2, 0.25) is 0 Å². The molecule has 0 heterocycles. The van der Waals surface area contributed by atoms with Gasteiger partial charge >= 0.3 is 0 Å². The fourth-order valence-corrected chi connectivity index (χ4v) is 2.76. The Kier molecular flexibility index (Phi) is 5.93. The van der Waals surface area contributed by atoms with Crippen LogP contribution in [0.5, 0.6) is 11.5 Å². The predicted octanol–water partition coefficient (Wildman–Crippen LogP) is 4.47. The Bertz CT molecular complexity index is 507. The minimum atomic E-state index is -1.92. The number of benzene rings is 1. The standard InChI is InChI=1S/C16H26O3SSi/c1-16(2,3)21(5,6)19-14-11-12(8-10-15(17)20)7-9-13(14)18-4/h7,9,11H,8,10H2,1-6H3,(H,17,20). The van der Waals surface area contributed by atoms with Gasteiger partial charge in [-0.1, -0.05) is 26.8 Å². The SMILES string of the molecule is COc1ccc(CCC(=O)S)cc1O[Si](C)(C)C(C)(C)C. The predicted molar refractivity (Wildman–Crippen MR) is 93.1 cm³/mol. The summed E-state index contributed by atoms with van der Waals surface area (Å²) in [5.74, 6) is 1.51. The first-order valence-corrected chi connectivity index (χ1v) is 10.5. The van der Waals surface area contributed by atoms with Gasteiger partial charge in [-0.25, -0.2) is 0 Å². The van der Waals surface area contributed by atoms with Crippen LogP contribution in [0.4, 0.5) is 0 Å². The molecule has 0 fully saturated rings. The highest BCUT2D eigenvalue weighted by Crippen LogP contribution is 2.40. The van der Waals surface area contributed by atoms with E-state index >= 15 is 0 Å². The molecule has 21 heavy (non-hydrogen) atoms. The van der Waals surface area contributed by atoms with Gasteiger partial charge in [0.25, 0.3) is 8.32 Å². The first-order valence-electron chi connectivity index (χ1n) is 7.14. The highest BCUT2D eigenvalue weighted by molar-refractivity contribution is 7.96. The average molecular weight is 327 g/mol. The molecule has 1 aromatic carbocycles. The summed E-state index contributed by atoms with van der Waals surface area (Å²) < 4.78 is 11.7. The van der Waals surface area contributed by atoms with Gasteiger partial charge in [-0.3, -0.25) is 4.79 Å². The Balaban J connectivity index is 3.03. The maximum absolute atomic E-state index is 11.0. The van der Waals surface area contributed by atoms with Crippen LogP contribution in [-0.2, 0) is 11.2 Å². The van der Waals surface area contributed by atoms with E-state index in [-0.39, 0.29) is 10.2 Å². The van der Waals surface area contributed by atoms with Crippen molar-refractivity contribution in [1.82, 2.24) is 0 Å². The topological polar surface area (TPSA) is 35.5 Å². The summed E-state index contributed by atoms with van der Waals surface area (Å²) in [6, 6.07) is 5.85. The Hall–Kier alpha value is -0.943. The van der Waals surface area contributed by atoms with Crippen LogP contribution in [0.3, 0.4) is 0 Å². The zero-order valence-corrected chi connectivity index (χ0v) is 15.7. The quantitative estimate of drug-likeness (QED) is 0.619. The van der Waals surface area contributed by atoms with Gasteiger partial charge in [-0.2, -0.15) is 0 Å². The Morgan fingerprint density at radius 3 is 2.33 bits per heavy atom. The van der Waals surface area contributed by atoms with E-state index in [9.17, 15) is 4.79 Å². The molecule has 0 saturated carbocycles. The largest absolute Gasteiger partial charge is 0.541 e. The molecule has 0 atom stereocenters. The molecular weight excluding hydrogens is 300 g/mol. The molecule has 1 rings (SSSR count). The van der Waals surface area contributed by atoms with Crippen molar-refractivity contribution in [2.24, 2.45) is 0 Å². The third kappa shape index (κ3) is 5.07. The molecule has 0 aliphatic rings. The average Bonchev–Trinajstić information content (AvgIpc) is 2.34. The highest BCUT2D eigenvalue weighted by atomic mass is 32.1. The minimum absolute atomic E-state index is 0.0994.